The standard InChI is InChI=1S/C18H17F3N4O2/c1-12-13(2)23-25(17(27)15(12)8-22)10-16(26)24(11-18(19,20)21)9-14-6-4-3-5-7-14/h3-7H,9-11H2,1-2H3. The smallest absolute Gasteiger partial charge is 0.328 e. The molecule has 0 bridgehead atoms. The van der Waals surface area contributed by atoms with Gasteiger partial charge in [-0.25, -0.2) is 4.68 Å². The van der Waals surface area contributed by atoms with Crippen LogP contribution in [0.3, 0.4) is 0 Å². The van der Waals surface area contributed by atoms with Crippen molar-refractivity contribution in [2.75, 3.05) is 6.54 Å². The third-order valence-electron chi connectivity index (χ3n) is 3.97. The quantitative estimate of drug-likeness (QED) is 0.800. The number of carbonyl (C=O) groups is 1. The van der Waals surface area contributed by atoms with Gasteiger partial charge in [-0.1, -0.05) is 30.3 Å². The molecule has 0 aliphatic heterocycles. The van der Waals surface area contributed by atoms with Crippen molar-refractivity contribution >= 4 is 5.91 Å². The maximum atomic E-state index is 12.9. The van der Waals surface area contributed by atoms with E-state index < -0.39 is 30.7 Å². The number of aromatic nitrogens is 2. The number of nitrogens with zero attached hydrogens (tertiary/aromatic N) is 4. The monoisotopic (exact) mass is 378 g/mol. The van der Waals surface area contributed by atoms with Crippen molar-refractivity contribution in [2.45, 2.75) is 33.1 Å². The van der Waals surface area contributed by atoms with Crippen LogP contribution in [0.25, 0.3) is 0 Å². The third-order valence-corrected chi connectivity index (χ3v) is 3.97. The molecule has 0 saturated carbocycles. The van der Waals surface area contributed by atoms with Gasteiger partial charge in [-0.2, -0.15) is 23.5 Å². The van der Waals surface area contributed by atoms with Gasteiger partial charge < -0.3 is 4.90 Å². The highest BCUT2D eigenvalue weighted by Crippen LogP contribution is 2.18. The molecule has 1 amide bonds. The molecule has 0 spiro atoms. The van der Waals surface area contributed by atoms with E-state index in [2.05, 4.69) is 5.10 Å². The molecule has 1 heterocycles. The highest BCUT2D eigenvalue weighted by molar-refractivity contribution is 5.76. The first-order valence-electron chi connectivity index (χ1n) is 7.99. The molecule has 0 saturated heterocycles. The molecular weight excluding hydrogens is 361 g/mol. The predicted octanol–water partition coefficient (Wildman–Crippen LogP) is 2.32. The summed E-state index contributed by atoms with van der Waals surface area (Å²) in [6, 6.07) is 9.97. The summed E-state index contributed by atoms with van der Waals surface area (Å²) >= 11 is 0. The Balaban J connectivity index is 2.32. The molecule has 27 heavy (non-hydrogen) atoms. The molecule has 6 nitrogen and oxygen atoms in total. The summed E-state index contributed by atoms with van der Waals surface area (Å²) < 4.78 is 39.4. The molecular formula is C18H17F3N4O2. The Morgan fingerprint density at radius 3 is 2.44 bits per heavy atom. The topological polar surface area (TPSA) is 79.0 Å². The van der Waals surface area contributed by atoms with Gasteiger partial charge in [0.2, 0.25) is 5.91 Å². The number of hydrogen-bond acceptors (Lipinski definition) is 4. The summed E-state index contributed by atoms with van der Waals surface area (Å²) in [5.74, 6) is -0.919. The van der Waals surface area contributed by atoms with E-state index in [1.165, 1.54) is 0 Å². The van der Waals surface area contributed by atoms with E-state index in [9.17, 15) is 22.8 Å². The Bertz CT molecular complexity index is 931. The van der Waals surface area contributed by atoms with E-state index in [1.807, 2.05) is 0 Å². The van der Waals surface area contributed by atoms with Crippen LogP contribution in [0.15, 0.2) is 35.1 Å². The van der Waals surface area contributed by atoms with E-state index in [1.54, 1.807) is 50.2 Å². The summed E-state index contributed by atoms with van der Waals surface area (Å²) in [6.45, 7) is 0.695. The van der Waals surface area contributed by atoms with Crippen molar-refractivity contribution in [1.82, 2.24) is 14.7 Å². The van der Waals surface area contributed by atoms with Crippen molar-refractivity contribution in [2.24, 2.45) is 0 Å². The lowest BCUT2D eigenvalue weighted by Gasteiger charge is -2.24. The predicted molar refractivity (Wildman–Crippen MR) is 90.6 cm³/mol. The molecule has 2 rings (SSSR count). The van der Waals surface area contributed by atoms with Crippen molar-refractivity contribution in [1.29, 1.82) is 5.26 Å². The average Bonchev–Trinajstić information content (AvgIpc) is 2.59. The highest BCUT2D eigenvalue weighted by atomic mass is 19.4. The van der Waals surface area contributed by atoms with Crippen molar-refractivity contribution in [3.8, 4) is 6.07 Å². The fraction of sp³-hybridized carbons (Fsp3) is 0.333. The lowest BCUT2D eigenvalue weighted by Crippen LogP contribution is -2.42. The van der Waals surface area contributed by atoms with E-state index in [0.717, 1.165) is 4.68 Å². The normalized spacial score (nSPS) is 11.1. The molecule has 0 aliphatic rings. The first-order chi connectivity index (χ1) is 12.6. The van der Waals surface area contributed by atoms with Crippen molar-refractivity contribution < 1.29 is 18.0 Å². The zero-order chi connectivity index (χ0) is 20.2. The van der Waals surface area contributed by atoms with Gasteiger partial charge in [0.1, 0.15) is 24.7 Å². The Hall–Kier alpha value is -3.15. The number of amides is 1. The molecule has 9 heteroatoms. The lowest BCUT2D eigenvalue weighted by atomic mass is 10.1. The molecule has 0 aliphatic carbocycles. The first-order valence-corrected chi connectivity index (χ1v) is 7.99. The van der Waals surface area contributed by atoms with Crippen LogP contribution in [0.5, 0.6) is 0 Å². The zero-order valence-electron chi connectivity index (χ0n) is 14.7. The van der Waals surface area contributed by atoms with E-state index in [4.69, 9.17) is 5.26 Å². The number of nitriles is 1. The average molecular weight is 378 g/mol. The Kier molecular flexibility index (Phi) is 6.00. The van der Waals surface area contributed by atoms with Gasteiger partial charge in [-0.05, 0) is 25.0 Å². The van der Waals surface area contributed by atoms with Gasteiger partial charge >= 0.3 is 6.18 Å². The van der Waals surface area contributed by atoms with Crippen LogP contribution in [0.1, 0.15) is 22.4 Å². The molecule has 0 unspecified atom stereocenters. The summed E-state index contributed by atoms with van der Waals surface area (Å²) in [6.07, 6.45) is -4.59. The SMILES string of the molecule is Cc1nn(CC(=O)N(Cc2ccccc2)CC(F)(F)F)c(=O)c(C#N)c1C. The third kappa shape index (κ3) is 5.17. The van der Waals surface area contributed by atoms with Gasteiger partial charge in [0.15, 0.2) is 0 Å². The second-order valence-corrected chi connectivity index (χ2v) is 6.01. The number of rotatable bonds is 5. The largest absolute Gasteiger partial charge is 0.406 e. The van der Waals surface area contributed by atoms with Crippen LogP contribution in [-0.4, -0.2) is 33.3 Å². The fourth-order valence-corrected chi connectivity index (χ4v) is 2.49. The summed E-state index contributed by atoms with van der Waals surface area (Å²) in [4.78, 5) is 25.4. The number of halogens is 3. The van der Waals surface area contributed by atoms with E-state index in [-0.39, 0.29) is 12.1 Å². The number of aryl methyl sites for hydroxylation is 1. The summed E-state index contributed by atoms with van der Waals surface area (Å²) in [5, 5.41) is 13.0. The number of alkyl halides is 3. The maximum absolute atomic E-state index is 12.9. The molecule has 142 valence electrons. The summed E-state index contributed by atoms with van der Waals surface area (Å²) in [7, 11) is 0. The molecule has 1 aromatic heterocycles. The van der Waals surface area contributed by atoms with Crippen LogP contribution in [0, 0.1) is 25.2 Å². The van der Waals surface area contributed by atoms with E-state index >= 15 is 0 Å². The van der Waals surface area contributed by atoms with Crippen LogP contribution < -0.4 is 5.56 Å². The van der Waals surface area contributed by atoms with Gasteiger partial charge in [-0.3, -0.25) is 9.59 Å². The minimum atomic E-state index is -4.59. The second-order valence-electron chi connectivity index (χ2n) is 6.01. The van der Waals surface area contributed by atoms with Gasteiger partial charge in [-0.15, -0.1) is 0 Å². The van der Waals surface area contributed by atoms with Gasteiger partial charge in [0, 0.05) is 6.54 Å². The minimum absolute atomic E-state index is 0.180. The fourth-order valence-electron chi connectivity index (χ4n) is 2.49. The molecule has 0 radical (unpaired) electrons. The van der Waals surface area contributed by atoms with E-state index in [0.29, 0.717) is 21.7 Å². The van der Waals surface area contributed by atoms with Crippen LogP contribution in [0.4, 0.5) is 13.2 Å². The molecule has 2 aromatic rings. The molecule has 0 N–H and O–H groups in total. The molecule has 0 atom stereocenters. The van der Waals surface area contributed by atoms with Crippen LogP contribution in [0.2, 0.25) is 0 Å². The Morgan fingerprint density at radius 1 is 1.26 bits per heavy atom. The number of carbonyl (C=O) groups excluding carboxylic acids is 1. The minimum Gasteiger partial charge on any atom is -0.328 e. The van der Waals surface area contributed by atoms with Crippen LogP contribution >= 0.6 is 0 Å². The second kappa shape index (κ2) is 8.03. The maximum Gasteiger partial charge on any atom is 0.406 e. The van der Waals surface area contributed by atoms with Crippen molar-refractivity contribution in [3.05, 3.63) is 63.1 Å². The lowest BCUT2D eigenvalue weighted by molar-refractivity contribution is -0.163. The number of hydrogen-bond donors (Lipinski definition) is 0. The van der Waals surface area contributed by atoms with Gasteiger partial charge in [0.05, 0.1) is 5.69 Å². The Morgan fingerprint density at radius 2 is 1.89 bits per heavy atom. The highest BCUT2D eigenvalue weighted by Gasteiger charge is 2.33. The Labute approximate surface area is 153 Å². The zero-order valence-corrected chi connectivity index (χ0v) is 14.7. The first kappa shape index (κ1) is 20.2. The molecule has 0 fully saturated rings. The van der Waals surface area contributed by atoms with Gasteiger partial charge in [0.25, 0.3) is 5.56 Å². The summed E-state index contributed by atoms with van der Waals surface area (Å²) in [5.41, 5.74) is 0.265. The number of benzene rings is 1. The van der Waals surface area contributed by atoms with Crippen LogP contribution in [-0.2, 0) is 17.9 Å². The van der Waals surface area contributed by atoms with Crippen molar-refractivity contribution in [3.63, 3.8) is 0 Å². The molecule has 1 aromatic carbocycles.